The first-order chi connectivity index (χ1) is 6.65. The van der Waals surface area contributed by atoms with Crippen LogP contribution < -0.4 is 4.74 Å². The lowest BCUT2D eigenvalue weighted by molar-refractivity contribution is -0.0930. The molecule has 2 rings (SSSR count). The van der Waals surface area contributed by atoms with Gasteiger partial charge >= 0.3 is 0 Å². The van der Waals surface area contributed by atoms with Gasteiger partial charge in [-0.25, -0.2) is 0 Å². The van der Waals surface area contributed by atoms with E-state index in [4.69, 9.17) is 4.74 Å². The van der Waals surface area contributed by atoms with Crippen molar-refractivity contribution >= 4 is 0 Å². The van der Waals surface area contributed by atoms with E-state index in [1.54, 1.807) is 7.11 Å². The Kier molecular flexibility index (Phi) is 2.21. The van der Waals surface area contributed by atoms with Gasteiger partial charge in [0, 0.05) is 18.7 Å². The standard InChI is InChI=1S/C11H15NO2/c1-12-7-11(13,8-12)9-5-3-4-6-10(9)14-2/h3-6,13H,7-8H2,1-2H3. The molecule has 76 valence electrons. The number of likely N-dealkylation sites (tertiary alicyclic amines) is 1. The number of para-hydroxylation sites is 1. The molecule has 0 saturated carbocycles. The Labute approximate surface area is 83.9 Å². The Morgan fingerprint density at radius 2 is 2.00 bits per heavy atom. The topological polar surface area (TPSA) is 32.7 Å². The van der Waals surface area contributed by atoms with E-state index >= 15 is 0 Å². The van der Waals surface area contributed by atoms with E-state index in [-0.39, 0.29) is 0 Å². The number of rotatable bonds is 2. The van der Waals surface area contributed by atoms with Crippen molar-refractivity contribution in [2.45, 2.75) is 5.60 Å². The van der Waals surface area contributed by atoms with Gasteiger partial charge in [0.25, 0.3) is 0 Å². The van der Waals surface area contributed by atoms with Gasteiger partial charge in [0.2, 0.25) is 0 Å². The summed E-state index contributed by atoms with van der Waals surface area (Å²) < 4.78 is 5.22. The van der Waals surface area contributed by atoms with Crippen molar-refractivity contribution < 1.29 is 9.84 Å². The number of likely N-dealkylation sites (N-methyl/N-ethyl adjacent to an activating group) is 1. The predicted molar refractivity (Wildman–Crippen MR) is 54.4 cm³/mol. The molecule has 0 spiro atoms. The van der Waals surface area contributed by atoms with Crippen molar-refractivity contribution in [3.8, 4) is 5.75 Å². The Hall–Kier alpha value is -1.06. The summed E-state index contributed by atoms with van der Waals surface area (Å²) in [4.78, 5) is 2.08. The Morgan fingerprint density at radius 1 is 1.36 bits per heavy atom. The highest BCUT2D eigenvalue weighted by molar-refractivity contribution is 5.39. The zero-order chi connectivity index (χ0) is 10.2. The molecule has 3 nitrogen and oxygen atoms in total. The molecule has 0 radical (unpaired) electrons. The lowest BCUT2D eigenvalue weighted by atomic mass is 9.86. The second-order valence-electron chi connectivity index (χ2n) is 3.90. The van der Waals surface area contributed by atoms with E-state index < -0.39 is 5.60 Å². The van der Waals surface area contributed by atoms with E-state index in [9.17, 15) is 5.11 Å². The molecule has 3 heteroatoms. The molecule has 1 aromatic carbocycles. The average Bonchev–Trinajstić information content (AvgIpc) is 2.15. The van der Waals surface area contributed by atoms with Gasteiger partial charge in [-0.05, 0) is 13.1 Å². The fourth-order valence-corrected chi connectivity index (χ4v) is 2.05. The van der Waals surface area contributed by atoms with E-state index in [1.807, 2.05) is 31.3 Å². The first-order valence-corrected chi connectivity index (χ1v) is 4.70. The number of aliphatic hydroxyl groups is 1. The van der Waals surface area contributed by atoms with Crippen LogP contribution in [0.25, 0.3) is 0 Å². The molecular formula is C11H15NO2. The molecule has 14 heavy (non-hydrogen) atoms. The minimum absolute atomic E-state index is 0.674. The van der Waals surface area contributed by atoms with Crippen LogP contribution in [0.1, 0.15) is 5.56 Å². The molecule has 0 unspecified atom stereocenters. The zero-order valence-corrected chi connectivity index (χ0v) is 8.53. The van der Waals surface area contributed by atoms with Gasteiger partial charge in [0.05, 0.1) is 7.11 Å². The molecule has 1 aliphatic rings. The third-order valence-corrected chi connectivity index (χ3v) is 2.67. The number of methoxy groups -OCH3 is 1. The molecule has 1 heterocycles. The second kappa shape index (κ2) is 3.26. The van der Waals surface area contributed by atoms with Crippen molar-refractivity contribution in [1.29, 1.82) is 0 Å². The van der Waals surface area contributed by atoms with Crippen molar-refractivity contribution in [3.63, 3.8) is 0 Å². The van der Waals surface area contributed by atoms with Crippen molar-refractivity contribution in [2.24, 2.45) is 0 Å². The zero-order valence-electron chi connectivity index (χ0n) is 8.53. The van der Waals surface area contributed by atoms with E-state index in [0.717, 1.165) is 11.3 Å². The second-order valence-corrected chi connectivity index (χ2v) is 3.90. The summed E-state index contributed by atoms with van der Waals surface area (Å²) >= 11 is 0. The van der Waals surface area contributed by atoms with Gasteiger partial charge < -0.3 is 9.84 Å². The molecule has 0 aromatic heterocycles. The van der Waals surface area contributed by atoms with E-state index in [1.165, 1.54) is 0 Å². The van der Waals surface area contributed by atoms with Crippen molar-refractivity contribution in [2.75, 3.05) is 27.2 Å². The quantitative estimate of drug-likeness (QED) is 0.755. The molecule has 1 aliphatic heterocycles. The lowest BCUT2D eigenvalue weighted by Gasteiger charge is -2.45. The maximum Gasteiger partial charge on any atom is 0.125 e. The molecular weight excluding hydrogens is 178 g/mol. The largest absolute Gasteiger partial charge is 0.496 e. The predicted octanol–water partition coefficient (Wildman–Crippen LogP) is 0.828. The van der Waals surface area contributed by atoms with E-state index in [0.29, 0.717) is 13.1 Å². The number of β-amino-alcohol motifs (C(OH)–C–C–N with tert-alkyl or cyclic N) is 1. The van der Waals surface area contributed by atoms with Crippen LogP contribution in [0.4, 0.5) is 0 Å². The van der Waals surface area contributed by atoms with Gasteiger partial charge in [-0.2, -0.15) is 0 Å². The molecule has 0 amide bonds. The normalized spacial score (nSPS) is 20.2. The molecule has 0 atom stereocenters. The number of hydrogen-bond acceptors (Lipinski definition) is 3. The first kappa shape index (κ1) is 9.49. The summed E-state index contributed by atoms with van der Waals surface area (Å²) in [5.41, 5.74) is 0.169. The molecule has 1 N–H and O–H groups in total. The third-order valence-electron chi connectivity index (χ3n) is 2.67. The third kappa shape index (κ3) is 1.38. The number of ether oxygens (including phenoxy) is 1. The highest BCUT2D eigenvalue weighted by Crippen LogP contribution is 2.36. The summed E-state index contributed by atoms with van der Waals surface area (Å²) in [6, 6.07) is 7.64. The summed E-state index contributed by atoms with van der Waals surface area (Å²) in [6.45, 7) is 1.35. The van der Waals surface area contributed by atoms with Gasteiger partial charge in [-0.3, -0.25) is 4.90 Å². The summed E-state index contributed by atoms with van der Waals surface area (Å²) in [7, 11) is 3.62. The Bertz CT molecular complexity index is 332. The number of nitrogens with zero attached hydrogens (tertiary/aromatic N) is 1. The fourth-order valence-electron chi connectivity index (χ4n) is 2.05. The van der Waals surface area contributed by atoms with Crippen LogP contribution in [0.3, 0.4) is 0 Å². The fraction of sp³-hybridized carbons (Fsp3) is 0.455. The Morgan fingerprint density at radius 3 is 2.57 bits per heavy atom. The highest BCUT2D eigenvalue weighted by atomic mass is 16.5. The SMILES string of the molecule is COc1ccccc1C1(O)CN(C)C1. The molecule has 1 saturated heterocycles. The molecule has 1 fully saturated rings. The monoisotopic (exact) mass is 193 g/mol. The summed E-state index contributed by atoms with van der Waals surface area (Å²) in [6.07, 6.45) is 0. The maximum absolute atomic E-state index is 10.2. The van der Waals surface area contributed by atoms with Gasteiger partial charge in [-0.15, -0.1) is 0 Å². The summed E-state index contributed by atoms with van der Waals surface area (Å²) in [5.74, 6) is 0.767. The molecule has 1 aromatic rings. The minimum Gasteiger partial charge on any atom is -0.496 e. The smallest absolute Gasteiger partial charge is 0.125 e. The van der Waals surface area contributed by atoms with Gasteiger partial charge in [0.15, 0.2) is 0 Å². The number of benzene rings is 1. The van der Waals surface area contributed by atoms with Crippen LogP contribution in [0.2, 0.25) is 0 Å². The van der Waals surface area contributed by atoms with Gasteiger partial charge in [0.1, 0.15) is 11.4 Å². The van der Waals surface area contributed by atoms with Crippen LogP contribution in [0.5, 0.6) is 5.75 Å². The molecule has 0 aliphatic carbocycles. The molecule has 0 bridgehead atoms. The van der Waals surface area contributed by atoms with E-state index in [2.05, 4.69) is 4.90 Å². The van der Waals surface area contributed by atoms with Crippen LogP contribution in [-0.4, -0.2) is 37.3 Å². The van der Waals surface area contributed by atoms with Crippen LogP contribution in [-0.2, 0) is 5.60 Å². The Balaban J connectivity index is 2.32. The number of hydrogen-bond donors (Lipinski definition) is 1. The van der Waals surface area contributed by atoms with Crippen LogP contribution in [0.15, 0.2) is 24.3 Å². The first-order valence-electron chi connectivity index (χ1n) is 4.70. The lowest BCUT2D eigenvalue weighted by Crippen LogP contribution is -2.57. The van der Waals surface area contributed by atoms with Crippen molar-refractivity contribution in [1.82, 2.24) is 4.90 Å². The van der Waals surface area contributed by atoms with Crippen molar-refractivity contribution in [3.05, 3.63) is 29.8 Å². The average molecular weight is 193 g/mol. The minimum atomic E-state index is -0.721. The van der Waals surface area contributed by atoms with Crippen LogP contribution in [0, 0.1) is 0 Å². The maximum atomic E-state index is 10.2. The summed E-state index contributed by atoms with van der Waals surface area (Å²) in [5, 5.41) is 10.2. The highest BCUT2D eigenvalue weighted by Gasteiger charge is 2.42. The van der Waals surface area contributed by atoms with Crippen LogP contribution >= 0.6 is 0 Å². The van der Waals surface area contributed by atoms with Gasteiger partial charge in [-0.1, -0.05) is 18.2 Å².